The van der Waals surface area contributed by atoms with E-state index in [0.717, 1.165) is 27.9 Å². The highest BCUT2D eigenvalue weighted by Gasteiger charge is 2.14. The molecule has 2 aromatic rings. The van der Waals surface area contributed by atoms with Gasteiger partial charge in [0.15, 0.2) is 0 Å². The molecule has 5 heteroatoms. The predicted molar refractivity (Wildman–Crippen MR) is 83.4 cm³/mol. The first kappa shape index (κ1) is 15.0. The van der Waals surface area contributed by atoms with Crippen LogP contribution in [0.3, 0.4) is 0 Å². The van der Waals surface area contributed by atoms with E-state index in [1.807, 2.05) is 31.2 Å². The Labute approximate surface area is 127 Å². The molecule has 0 radical (unpaired) electrons. The number of ether oxygens (including phenoxy) is 1. The smallest absolute Gasteiger partial charge is 0.133 e. The van der Waals surface area contributed by atoms with E-state index >= 15 is 0 Å². The zero-order valence-corrected chi connectivity index (χ0v) is 13.1. The fourth-order valence-electron chi connectivity index (χ4n) is 2.20. The van der Waals surface area contributed by atoms with E-state index < -0.39 is 0 Å². The standard InChI is InChI=1S/C15H18BrN3O/c1-10-12(4-3-7-18-10)14(19-17)9-11-5-6-15(20-2)13(16)8-11/h3-8,14,19H,9,17H2,1-2H3. The second kappa shape index (κ2) is 6.83. The molecule has 0 saturated carbocycles. The number of hydrogen-bond acceptors (Lipinski definition) is 4. The third kappa shape index (κ3) is 3.36. The molecule has 0 saturated heterocycles. The van der Waals surface area contributed by atoms with Crippen LogP contribution in [0.5, 0.6) is 5.75 Å². The Hall–Kier alpha value is -1.43. The van der Waals surface area contributed by atoms with Crippen molar-refractivity contribution in [2.75, 3.05) is 7.11 Å². The number of methoxy groups -OCH3 is 1. The molecule has 1 aromatic heterocycles. The molecule has 0 aliphatic rings. The van der Waals surface area contributed by atoms with Crippen LogP contribution in [0, 0.1) is 6.92 Å². The minimum Gasteiger partial charge on any atom is -0.496 e. The monoisotopic (exact) mass is 335 g/mol. The quantitative estimate of drug-likeness (QED) is 0.651. The van der Waals surface area contributed by atoms with Crippen LogP contribution in [0.2, 0.25) is 0 Å². The van der Waals surface area contributed by atoms with E-state index in [-0.39, 0.29) is 6.04 Å². The van der Waals surface area contributed by atoms with Crippen molar-refractivity contribution in [2.24, 2.45) is 5.84 Å². The van der Waals surface area contributed by atoms with Crippen molar-refractivity contribution in [3.8, 4) is 5.75 Å². The van der Waals surface area contributed by atoms with E-state index in [0.29, 0.717) is 0 Å². The summed E-state index contributed by atoms with van der Waals surface area (Å²) in [5.41, 5.74) is 6.14. The zero-order valence-electron chi connectivity index (χ0n) is 11.6. The third-order valence-electron chi connectivity index (χ3n) is 3.28. The van der Waals surface area contributed by atoms with Gasteiger partial charge in [0, 0.05) is 11.9 Å². The first-order valence-corrected chi connectivity index (χ1v) is 7.15. The van der Waals surface area contributed by atoms with Crippen LogP contribution in [0.25, 0.3) is 0 Å². The number of nitrogens with one attached hydrogen (secondary N) is 1. The van der Waals surface area contributed by atoms with Crippen molar-refractivity contribution in [2.45, 2.75) is 19.4 Å². The number of halogens is 1. The highest BCUT2D eigenvalue weighted by Crippen LogP contribution is 2.28. The van der Waals surface area contributed by atoms with Gasteiger partial charge in [-0.15, -0.1) is 0 Å². The van der Waals surface area contributed by atoms with E-state index in [2.05, 4.69) is 32.4 Å². The second-order valence-electron chi connectivity index (χ2n) is 4.57. The summed E-state index contributed by atoms with van der Waals surface area (Å²) in [6.45, 7) is 1.99. The minimum atomic E-state index is 0.0315. The van der Waals surface area contributed by atoms with Crippen LogP contribution in [-0.2, 0) is 6.42 Å². The summed E-state index contributed by atoms with van der Waals surface area (Å²) in [6, 6.07) is 10.0. The number of nitrogens with zero attached hydrogens (tertiary/aromatic N) is 1. The maximum Gasteiger partial charge on any atom is 0.133 e. The predicted octanol–water partition coefficient (Wildman–Crippen LogP) is 2.91. The molecule has 3 N–H and O–H groups in total. The first-order chi connectivity index (χ1) is 9.65. The van der Waals surface area contributed by atoms with E-state index in [4.69, 9.17) is 10.6 Å². The fourth-order valence-corrected chi connectivity index (χ4v) is 2.78. The van der Waals surface area contributed by atoms with Crippen molar-refractivity contribution >= 4 is 15.9 Å². The number of hydrazine groups is 1. The Bertz CT molecular complexity index is 589. The first-order valence-electron chi connectivity index (χ1n) is 6.35. The Morgan fingerprint density at radius 1 is 1.40 bits per heavy atom. The summed E-state index contributed by atoms with van der Waals surface area (Å²) in [4.78, 5) is 4.31. The molecule has 1 unspecified atom stereocenters. The number of nitrogens with two attached hydrogens (primary N) is 1. The Kier molecular flexibility index (Phi) is 5.11. The number of rotatable bonds is 5. The van der Waals surface area contributed by atoms with Gasteiger partial charge in [0.2, 0.25) is 0 Å². The molecule has 0 aliphatic heterocycles. The van der Waals surface area contributed by atoms with E-state index in [9.17, 15) is 0 Å². The lowest BCUT2D eigenvalue weighted by atomic mass is 9.98. The Morgan fingerprint density at radius 3 is 2.80 bits per heavy atom. The van der Waals surface area contributed by atoms with Crippen molar-refractivity contribution in [1.29, 1.82) is 0 Å². The number of aromatic nitrogens is 1. The SMILES string of the molecule is COc1ccc(CC(NN)c2cccnc2C)cc1Br. The normalized spacial score (nSPS) is 12.2. The number of aryl methyl sites for hydroxylation is 1. The van der Waals surface area contributed by atoms with Crippen LogP contribution in [0.1, 0.15) is 22.9 Å². The van der Waals surface area contributed by atoms with Gasteiger partial charge in [-0.1, -0.05) is 12.1 Å². The minimum absolute atomic E-state index is 0.0315. The number of hydrogen-bond donors (Lipinski definition) is 2. The van der Waals surface area contributed by atoms with Gasteiger partial charge in [-0.05, 0) is 58.6 Å². The van der Waals surface area contributed by atoms with E-state index in [1.54, 1.807) is 13.3 Å². The molecule has 2 rings (SSSR count). The summed E-state index contributed by atoms with van der Waals surface area (Å²) in [5, 5.41) is 0. The van der Waals surface area contributed by atoms with Gasteiger partial charge in [-0.25, -0.2) is 0 Å². The second-order valence-corrected chi connectivity index (χ2v) is 5.42. The molecular formula is C15H18BrN3O. The van der Waals surface area contributed by atoms with Crippen molar-refractivity contribution < 1.29 is 4.74 Å². The van der Waals surface area contributed by atoms with Crippen molar-refractivity contribution in [3.63, 3.8) is 0 Å². The fraction of sp³-hybridized carbons (Fsp3) is 0.267. The highest BCUT2D eigenvalue weighted by atomic mass is 79.9. The average Bonchev–Trinajstić information content (AvgIpc) is 2.46. The van der Waals surface area contributed by atoms with Crippen LogP contribution >= 0.6 is 15.9 Å². The summed E-state index contributed by atoms with van der Waals surface area (Å²) in [7, 11) is 1.66. The van der Waals surface area contributed by atoms with Gasteiger partial charge in [-0.3, -0.25) is 16.3 Å². The Balaban J connectivity index is 2.23. The number of pyridine rings is 1. The van der Waals surface area contributed by atoms with Crippen LogP contribution in [0.4, 0.5) is 0 Å². The molecule has 0 fully saturated rings. The van der Waals surface area contributed by atoms with Gasteiger partial charge < -0.3 is 4.74 Å². The summed E-state index contributed by atoms with van der Waals surface area (Å²) < 4.78 is 6.18. The van der Waals surface area contributed by atoms with Crippen LogP contribution in [0.15, 0.2) is 41.0 Å². The molecule has 20 heavy (non-hydrogen) atoms. The highest BCUT2D eigenvalue weighted by molar-refractivity contribution is 9.10. The maximum absolute atomic E-state index is 5.70. The molecular weight excluding hydrogens is 318 g/mol. The lowest BCUT2D eigenvalue weighted by Gasteiger charge is -2.18. The van der Waals surface area contributed by atoms with Crippen molar-refractivity contribution in [1.82, 2.24) is 10.4 Å². The molecule has 4 nitrogen and oxygen atoms in total. The zero-order chi connectivity index (χ0) is 14.5. The maximum atomic E-state index is 5.70. The average molecular weight is 336 g/mol. The van der Waals surface area contributed by atoms with Crippen molar-refractivity contribution in [3.05, 3.63) is 57.8 Å². The van der Waals surface area contributed by atoms with Gasteiger partial charge >= 0.3 is 0 Å². The lowest BCUT2D eigenvalue weighted by Crippen LogP contribution is -2.30. The van der Waals surface area contributed by atoms with Crippen LogP contribution in [-0.4, -0.2) is 12.1 Å². The topological polar surface area (TPSA) is 60.2 Å². The largest absolute Gasteiger partial charge is 0.496 e. The van der Waals surface area contributed by atoms with Gasteiger partial charge in [-0.2, -0.15) is 0 Å². The Morgan fingerprint density at radius 2 is 2.20 bits per heavy atom. The van der Waals surface area contributed by atoms with Gasteiger partial charge in [0.25, 0.3) is 0 Å². The number of benzene rings is 1. The summed E-state index contributed by atoms with van der Waals surface area (Å²) in [6.07, 6.45) is 2.57. The summed E-state index contributed by atoms with van der Waals surface area (Å²) in [5.74, 6) is 6.52. The third-order valence-corrected chi connectivity index (χ3v) is 3.90. The molecule has 0 aliphatic carbocycles. The lowest BCUT2D eigenvalue weighted by molar-refractivity contribution is 0.412. The molecule has 0 bridgehead atoms. The summed E-state index contributed by atoms with van der Waals surface area (Å²) >= 11 is 3.50. The molecule has 106 valence electrons. The van der Waals surface area contributed by atoms with E-state index in [1.165, 1.54) is 5.56 Å². The molecule has 1 atom stereocenters. The molecule has 0 amide bonds. The van der Waals surface area contributed by atoms with Gasteiger partial charge in [0.05, 0.1) is 17.6 Å². The molecule has 0 spiro atoms. The van der Waals surface area contributed by atoms with Crippen LogP contribution < -0.4 is 16.0 Å². The van der Waals surface area contributed by atoms with Gasteiger partial charge in [0.1, 0.15) is 5.75 Å². The molecule has 1 aromatic carbocycles. The molecule has 1 heterocycles.